The van der Waals surface area contributed by atoms with Crippen molar-refractivity contribution in [1.82, 2.24) is 15.3 Å². The summed E-state index contributed by atoms with van der Waals surface area (Å²) in [6, 6.07) is 0. The number of carbonyl (C=O) groups excluding carboxylic acids is 1. The van der Waals surface area contributed by atoms with Crippen LogP contribution in [0.2, 0.25) is 0 Å². The molecule has 0 bridgehead atoms. The Labute approximate surface area is 107 Å². The van der Waals surface area contributed by atoms with Gasteiger partial charge in [0.25, 0.3) is 5.56 Å². The summed E-state index contributed by atoms with van der Waals surface area (Å²) in [5.74, 6) is 0.426. The van der Waals surface area contributed by atoms with Gasteiger partial charge in [0.2, 0.25) is 5.91 Å². The van der Waals surface area contributed by atoms with E-state index in [1.807, 2.05) is 29.5 Å². The van der Waals surface area contributed by atoms with Gasteiger partial charge in [0, 0.05) is 13.6 Å². The minimum atomic E-state index is -0.194. The van der Waals surface area contributed by atoms with Gasteiger partial charge >= 0.3 is 0 Å². The van der Waals surface area contributed by atoms with Crippen LogP contribution in [0.5, 0.6) is 0 Å². The van der Waals surface area contributed by atoms with Gasteiger partial charge in [0.1, 0.15) is 9.39 Å². The first kappa shape index (κ1) is 12.9. The van der Waals surface area contributed by atoms with Gasteiger partial charge in [-0.1, -0.05) is 0 Å². The second kappa shape index (κ2) is 5.83. The predicted octanol–water partition coefficient (Wildman–Crippen LogP) is -0.0532. The van der Waals surface area contributed by atoms with Crippen LogP contribution in [0.3, 0.4) is 0 Å². The van der Waals surface area contributed by atoms with Crippen LogP contribution in [-0.2, 0) is 4.79 Å². The van der Waals surface area contributed by atoms with Crippen LogP contribution in [0.15, 0.2) is 11.1 Å². The first-order valence-corrected chi connectivity index (χ1v) is 5.86. The Morgan fingerprint density at radius 1 is 1.69 bits per heavy atom. The molecule has 1 amide bonds. The molecule has 1 rings (SSSR count). The Morgan fingerprint density at radius 2 is 2.38 bits per heavy atom. The first-order valence-electron chi connectivity index (χ1n) is 4.78. The third-order valence-electron chi connectivity index (χ3n) is 2.07. The van der Waals surface area contributed by atoms with E-state index in [1.54, 1.807) is 11.9 Å². The number of nitrogens with zero attached hydrogens (tertiary/aromatic N) is 2. The Balaban J connectivity index is 2.99. The standard InChI is InChI=1S/C9H13IN4O2/c1-3-14(4-6(15)11-2)8-7(10)9(16)13-5-12-8/h5H,3-4H2,1-2H3,(H,11,15)(H,12,13,16). The maximum atomic E-state index is 11.4. The molecule has 0 aliphatic rings. The largest absolute Gasteiger partial charge is 0.358 e. The maximum absolute atomic E-state index is 11.4. The zero-order valence-electron chi connectivity index (χ0n) is 9.08. The molecule has 1 aromatic rings. The van der Waals surface area contributed by atoms with Gasteiger partial charge in [0.15, 0.2) is 0 Å². The van der Waals surface area contributed by atoms with Crippen LogP contribution in [-0.4, -0.2) is 36.0 Å². The molecule has 0 radical (unpaired) electrons. The van der Waals surface area contributed by atoms with E-state index >= 15 is 0 Å². The Morgan fingerprint density at radius 3 is 2.94 bits per heavy atom. The molecule has 0 fully saturated rings. The summed E-state index contributed by atoms with van der Waals surface area (Å²) >= 11 is 1.92. The molecule has 1 heterocycles. The molecule has 6 nitrogen and oxygen atoms in total. The summed E-state index contributed by atoms with van der Waals surface area (Å²) in [4.78, 5) is 31.0. The SMILES string of the molecule is CCN(CC(=O)NC)c1nc[nH]c(=O)c1I. The van der Waals surface area contributed by atoms with Crippen molar-refractivity contribution in [3.63, 3.8) is 0 Å². The lowest BCUT2D eigenvalue weighted by atomic mass is 10.4. The highest BCUT2D eigenvalue weighted by molar-refractivity contribution is 14.1. The van der Waals surface area contributed by atoms with Crippen molar-refractivity contribution in [1.29, 1.82) is 0 Å². The van der Waals surface area contributed by atoms with E-state index in [1.165, 1.54) is 6.33 Å². The van der Waals surface area contributed by atoms with E-state index in [2.05, 4.69) is 15.3 Å². The lowest BCUT2D eigenvalue weighted by Gasteiger charge is -2.21. The number of hydrogen-bond donors (Lipinski definition) is 2. The second-order valence-electron chi connectivity index (χ2n) is 3.06. The third kappa shape index (κ3) is 2.94. The molecule has 0 atom stereocenters. The number of anilines is 1. The molecular formula is C9H13IN4O2. The fourth-order valence-corrected chi connectivity index (χ4v) is 1.82. The molecule has 0 aromatic carbocycles. The van der Waals surface area contributed by atoms with E-state index in [4.69, 9.17) is 0 Å². The number of hydrogen-bond acceptors (Lipinski definition) is 4. The molecule has 0 aliphatic carbocycles. The maximum Gasteiger partial charge on any atom is 0.266 e. The molecule has 88 valence electrons. The molecule has 0 saturated heterocycles. The van der Waals surface area contributed by atoms with Crippen molar-refractivity contribution in [3.8, 4) is 0 Å². The number of halogens is 1. The number of H-pyrrole nitrogens is 1. The summed E-state index contributed by atoms with van der Waals surface area (Å²) in [7, 11) is 1.58. The van der Waals surface area contributed by atoms with Crippen molar-refractivity contribution in [2.24, 2.45) is 0 Å². The van der Waals surface area contributed by atoms with Crippen molar-refractivity contribution in [2.75, 3.05) is 25.0 Å². The number of aromatic nitrogens is 2. The number of rotatable bonds is 4. The smallest absolute Gasteiger partial charge is 0.266 e. The van der Waals surface area contributed by atoms with E-state index in [0.29, 0.717) is 15.9 Å². The molecule has 1 aromatic heterocycles. The van der Waals surface area contributed by atoms with Gasteiger partial charge in [-0.3, -0.25) is 9.59 Å². The fourth-order valence-electron chi connectivity index (χ4n) is 1.18. The number of aromatic amines is 1. The van der Waals surface area contributed by atoms with Crippen LogP contribution in [0, 0.1) is 3.57 Å². The van der Waals surface area contributed by atoms with Crippen LogP contribution >= 0.6 is 22.6 Å². The van der Waals surface area contributed by atoms with Gasteiger partial charge in [-0.15, -0.1) is 0 Å². The predicted molar refractivity (Wildman–Crippen MR) is 69.5 cm³/mol. The van der Waals surface area contributed by atoms with E-state index in [-0.39, 0.29) is 18.0 Å². The highest BCUT2D eigenvalue weighted by Crippen LogP contribution is 2.14. The zero-order valence-corrected chi connectivity index (χ0v) is 11.2. The molecule has 0 unspecified atom stereocenters. The monoisotopic (exact) mass is 336 g/mol. The number of likely N-dealkylation sites (N-methyl/N-ethyl adjacent to an activating group) is 2. The highest BCUT2D eigenvalue weighted by Gasteiger charge is 2.14. The van der Waals surface area contributed by atoms with Gasteiger partial charge in [0.05, 0.1) is 12.9 Å². The lowest BCUT2D eigenvalue weighted by Crippen LogP contribution is -2.37. The molecule has 0 saturated carbocycles. The van der Waals surface area contributed by atoms with Crippen LogP contribution in [0.4, 0.5) is 5.82 Å². The van der Waals surface area contributed by atoms with Gasteiger partial charge in [-0.2, -0.15) is 0 Å². The summed E-state index contributed by atoms with van der Waals surface area (Å²) < 4.78 is 0.492. The number of amides is 1. The molecular weight excluding hydrogens is 323 g/mol. The zero-order chi connectivity index (χ0) is 12.1. The van der Waals surface area contributed by atoms with E-state index in [9.17, 15) is 9.59 Å². The normalized spacial score (nSPS) is 9.94. The van der Waals surface area contributed by atoms with Gasteiger partial charge in [-0.05, 0) is 29.5 Å². The molecule has 2 N–H and O–H groups in total. The van der Waals surface area contributed by atoms with Gasteiger partial charge in [-0.25, -0.2) is 4.98 Å². The lowest BCUT2D eigenvalue weighted by molar-refractivity contribution is -0.119. The molecule has 7 heteroatoms. The molecule has 0 spiro atoms. The second-order valence-corrected chi connectivity index (χ2v) is 4.14. The average Bonchev–Trinajstić information content (AvgIpc) is 2.29. The van der Waals surface area contributed by atoms with Crippen LogP contribution in [0.25, 0.3) is 0 Å². The molecule has 0 aliphatic heterocycles. The average molecular weight is 336 g/mol. The van der Waals surface area contributed by atoms with E-state index < -0.39 is 0 Å². The van der Waals surface area contributed by atoms with Crippen molar-refractivity contribution in [2.45, 2.75) is 6.92 Å². The Bertz CT molecular complexity index is 432. The highest BCUT2D eigenvalue weighted by atomic mass is 127. The molecule has 16 heavy (non-hydrogen) atoms. The Hall–Kier alpha value is -1.12. The van der Waals surface area contributed by atoms with Crippen LogP contribution in [0.1, 0.15) is 6.92 Å². The topological polar surface area (TPSA) is 78.1 Å². The van der Waals surface area contributed by atoms with Gasteiger partial charge < -0.3 is 15.2 Å². The number of carbonyl (C=O) groups is 1. The number of nitrogens with one attached hydrogen (secondary N) is 2. The minimum absolute atomic E-state index is 0.111. The van der Waals surface area contributed by atoms with Crippen molar-refractivity contribution >= 4 is 34.3 Å². The quantitative estimate of drug-likeness (QED) is 0.756. The van der Waals surface area contributed by atoms with Crippen molar-refractivity contribution in [3.05, 3.63) is 20.3 Å². The minimum Gasteiger partial charge on any atom is -0.358 e. The summed E-state index contributed by atoms with van der Waals surface area (Å²) in [5, 5.41) is 2.54. The van der Waals surface area contributed by atoms with E-state index in [0.717, 1.165) is 0 Å². The van der Waals surface area contributed by atoms with Crippen LogP contribution < -0.4 is 15.8 Å². The van der Waals surface area contributed by atoms with Crippen molar-refractivity contribution < 1.29 is 4.79 Å². The first-order chi connectivity index (χ1) is 7.60. The Kier molecular flexibility index (Phi) is 4.71. The summed E-state index contributed by atoms with van der Waals surface area (Å²) in [6.45, 7) is 2.71. The summed E-state index contributed by atoms with van der Waals surface area (Å²) in [5.41, 5.74) is -0.194. The fraction of sp³-hybridized carbons (Fsp3) is 0.444. The summed E-state index contributed by atoms with van der Waals surface area (Å²) in [6.07, 6.45) is 1.34. The third-order valence-corrected chi connectivity index (χ3v) is 3.05.